The molecule has 1 heterocycles. The molecular weight excluding hydrogens is 180 g/mol. The summed E-state index contributed by atoms with van der Waals surface area (Å²) in [6.07, 6.45) is 1.88. The van der Waals surface area contributed by atoms with Gasteiger partial charge in [-0.1, -0.05) is 0 Å². The zero-order valence-electron chi connectivity index (χ0n) is 7.91. The summed E-state index contributed by atoms with van der Waals surface area (Å²) < 4.78 is 5.23. The molecule has 0 aliphatic carbocycles. The molecule has 1 aromatic heterocycles. The van der Waals surface area contributed by atoms with E-state index in [2.05, 4.69) is 9.82 Å². The van der Waals surface area contributed by atoms with E-state index in [9.17, 15) is 0 Å². The summed E-state index contributed by atoms with van der Waals surface area (Å²) in [5.74, 6) is 5.87. The molecule has 14 heavy (non-hydrogen) atoms. The molecule has 0 unspecified atom stereocenters. The van der Waals surface area contributed by atoms with Crippen LogP contribution in [0.25, 0.3) is 10.9 Å². The first kappa shape index (κ1) is 9.05. The van der Waals surface area contributed by atoms with Gasteiger partial charge in [0.25, 0.3) is 0 Å². The average Bonchev–Trinajstić information content (AvgIpc) is 2.67. The van der Waals surface area contributed by atoms with Crippen molar-refractivity contribution in [2.24, 2.45) is 5.90 Å². The van der Waals surface area contributed by atoms with E-state index in [1.54, 1.807) is 7.11 Å². The minimum Gasteiger partial charge on any atom is -0.496 e. The maximum atomic E-state index is 5.23. The third-order valence-electron chi connectivity index (χ3n) is 2.25. The SMILES string of the molecule is COc1ccc2[nH]ccc2c1CON. The van der Waals surface area contributed by atoms with Crippen LogP contribution in [0.5, 0.6) is 5.75 Å². The van der Waals surface area contributed by atoms with Gasteiger partial charge in [-0.05, 0) is 18.2 Å². The molecule has 1 aromatic carbocycles. The Bertz CT molecular complexity index is 437. The molecule has 2 rings (SSSR count). The Morgan fingerprint density at radius 3 is 2.93 bits per heavy atom. The maximum Gasteiger partial charge on any atom is 0.125 e. The molecule has 0 aliphatic rings. The van der Waals surface area contributed by atoms with Crippen LogP contribution in [0.1, 0.15) is 5.56 Å². The molecule has 0 fully saturated rings. The fourth-order valence-electron chi connectivity index (χ4n) is 1.60. The van der Waals surface area contributed by atoms with Crippen molar-refractivity contribution < 1.29 is 9.57 Å². The van der Waals surface area contributed by atoms with E-state index in [1.807, 2.05) is 24.4 Å². The number of rotatable bonds is 3. The third-order valence-corrected chi connectivity index (χ3v) is 2.25. The van der Waals surface area contributed by atoms with Gasteiger partial charge < -0.3 is 9.72 Å². The first-order valence-corrected chi connectivity index (χ1v) is 4.31. The van der Waals surface area contributed by atoms with E-state index < -0.39 is 0 Å². The van der Waals surface area contributed by atoms with Crippen LogP contribution in [-0.2, 0) is 11.4 Å². The molecule has 0 bridgehead atoms. The average molecular weight is 192 g/mol. The number of aromatic nitrogens is 1. The largest absolute Gasteiger partial charge is 0.496 e. The summed E-state index contributed by atoms with van der Waals surface area (Å²) in [4.78, 5) is 7.77. The Labute approximate surface area is 81.6 Å². The van der Waals surface area contributed by atoms with Crippen LogP contribution in [0.15, 0.2) is 24.4 Å². The predicted molar refractivity (Wildman–Crippen MR) is 53.8 cm³/mol. The van der Waals surface area contributed by atoms with Gasteiger partial charge in [-0.2, -0.15) is 0 Å². The van der Waals surface area contributed by atoms with Crippen LogP contribution < -0.4 is 10.6 Å². The lowest BCUT2D eigenvalue weighted by Crippen LogP contribution is -2.01. The number of H-pyrrole nitrogens is 1. The van der Waals surface area contributed by atoms with Crippen LogP contribution in [0.4, 0.5) is 0 Å². The van der Waals surface area contributed by atoms with E-state index >= 15 is 0 Å². The van der Waals surface area contributed by atoms with E-state index in [1.165, 1.54) is 0 Å². The highest BCUT2D eigenvalue weighted by Crippen LogP contribution is 2.27. The van der Waals surface area contributed by atoms with Crippen LogP contribution in [-0.4, -0.2) is 12.1 Å². The highest BCUT2D eigenvalue weighted by atomic mass is 16.6. The van der Waals surface area contributed by atoms with Crippen LogP contribution >= 0.6 is 0 Å². The van der Waals surface area contributed by atoms with Crippen molar-refractivity contribution in [1.82, 2.24) is 4.98 Å². The molecule has 0 amide bonds. The zero-order chi connectivity index (χ0) is 9.97. The van der Waals surface area contributed by atoms with E-state index in [0.29, 0.717) is 6.61 Å². The highest BCUT2D eigenvalue weighted by Gasteiger charge is 2.08. The molecule has 74 valence electrons. The van der Waals surface area contributed by atoms with Gasteiger partial charge in [0.1, 0.15) is 5.75 Å². The van der Waals surface area contributed by atoms with E-state index in [0.717, 1.165) is 22.2 Å². The molecule has 0 radical (unpaired) electrons. The second kappa shape index (κ2) is 3.69. The quantitative estimate of drug-likeness (QED) is 0.725. The van der Waals surface area contributed by atoms with Crippen molar-refractivity contribution in [2.45, 2.75) is 6.61 Å². The van der Waals surface area contributed by atoms with Crippen molar-refractivity contribution in [1.29, 1.82) is 0 Å². The fraction of sp³-hybridized carbons (Fsp3) is 0.200. The number of hydrogen-bond acceptors (Lipinski definition) is 3. The van der Waals surface area contributed by atoms with E-state index in [-0.39, 0.29) is 0 Å². The Hall–Kier alpha value is -1.52. The molecular formula is C10H12N2O2. The number of methoxy groups -OCH3 is 1. The summed E-state index contributed by atoms with van der Waals surface area (Å²) in [6.45, 7) is 0.346. The van der Waals surface area contributed by atoms with Crippen molar-refractivity contribution in [3.63, 3.8) is 0 Å². The van der Waals surface area contributed by atoms with Crippen LogP contribution in [0.3, 0.4) is 0 Å². The summed E-state index contributed by atoms with van der Waals surface area (Å²) in [7, 11) is 1.63. The second-order valence-corrected chi connectivity index (χ2v) is 3.00. The normalized spacial score (nSPS) is 10.7. The van der Waals surface area contributed by atoms with Crippen LogP contribution in [0, 0.1) is 0 Å². The van der Waals surface area contributed by atoms with Crippen molar-refractivity contribution in [3.8, 4) is 5.75 Å². The molecule has 0 saturated carbocycles. The maximum absolute atomic E-state index is 5.23. The lowest BCUT2D eigenvalue weighted by Gasteiger charge is -2.08. The Kier molecular flexibility index (Phi) is 2.39. The number of fused-ring (bicyclic) bond motifs is 1. The first-order valence-electron chi connectivity index (χ1n) is 4.31. The van der Waals surface area contributed by atoms with Crippen molar-refractivity contribution >= 4 is 10.9 Å². The summed E-state index contributed by atoms with van der Waals surface area (Å²) in [6, 6.07) is 5.84. The number of aromatic amines is 1. The molecule has 4 heteroatoms. The predicted octanol–water partition coefficient (Wildman–Crippen LogP) is 1.57. The van der Waals surface area contributed by atoms with E-state index in [4.69, 9.17) is 10.6 Å². The Balaban J connectivity index is 2.62. The summed E-state index contributed by atoms with van der Waals surface area (Å²) in [5.41, 5.74) is 2.02. The van der Waals surface area contributed by atoms with Crippen molar-refractivity contribution in [2.75, 3.05) is 7.11 Å². The van der Waals surface area contributed by atoms with Gasteiger partial charge >= 0.3 is 0 Å². The molecule has 0 aliphatic heterocycles. The number of hydrogen-bond donors (Lipinski definition) is 2. The summed E-state index contributed by atoms with van der Waals surface area (Å²) in [5, 5.41) is 1.08. The number of nitrogens with one attached hydrogen (secondary N) is 1. The number of benzene rings is 1. The lowest BCUT2D eigenvalue weighted by atomic mass is 10.1. The highest BCUT2D eigenvalue weighted by molar-refractivity contribution is 5.85. The van der Waals surface area contributed by atoms with Gasteiger partial charge in [0.2, 0.25) is 0 Å². The molecule has 3 N–H and O–H groups in total. The van der Waals surface area contributed by atoms with Gasteiger partial charge in [-0.25, -0.2) is 5.90 Å². The molecule has 0 saturated heterocycles. The summed E-state index contributed by atoms with van der Waals surface area (Å²) >= 11 is 0. The van der Waals surface area contributed by atoms with Gasteiger partial charge in [-0.3, -0.25) is 4.84 Å². The molecule has 4 nitrogen and oxygen atoms in total. The minimum atomic E-state index is 0.346. The van der Waals surface area contributed by atoms with Gasteiger partial charge in [0.15, 0.2) is 0 Å². The van der Waals surface area contributed by atoms with Gasteiger partial charge in [0.05, 0.1) is 13.7 Å². The fourth-order valence-corrected chi connectivity index (χ4v) is 1.60. The smallest absolute Gasteiger partial charge is 0.125 e. The van der Waals surface area contributed by atoms with Crippen LogP contribution in [0.2, 0.25) is 0 Å². The second-order valence-electron chi connectivity index (χ2n) is 3.00. The molecule has 0 atom stereocenters. The third kappa shape index (κ3) is 1.34. The zero-order valence-corrected chi connectivity index (χ0v) is 7.91. The Morgan fingerprint density at radius 2 is 2.21 bits per heavy atom. The van der Waals surface area contributed by atoms with Gasteiger partial charge in [0, 0.05) is 22.7 Å². The molecule has 0 spiro atoms. The lowest BCUT2D eigenvalue weighted by molar-refractivity contribution is 0.123. The standard InChI is InChI=1S/C10H12N2O2/c1-13-10-3-2-9-7(4-5-12-9)8(10)6-14-11/h2-5,12H,6,11H2,1H3. The Morgan fingerprint density at radius 1 is 1.36 bits per heavy atom. The minimum absolute atomic E-state index is 0.346. The number of ether oxygens (including phenoxy) is 1. The van der Waals surface area contributed by atoms with Gasteiger partial charge in [-0.15, -0.1) is 0 Å². The molecule has 2 aromatic rings. The van der Waals surface area contributed by atoms with Crippen molar-refractivity contribution in [3.05, 3.63) is 30.0 Å². The number of nitrogens with two attached hydrogens (primary N) is 1. The first-order chi connectivity index (χ1) is 6.86. The monoisotopic (exact) mass is 192 g/mol. The topological polar surface area (TPSA) is 60.3 Å².